The molecule has 1 N–H and O–H groups in total. The van der Waals surface area contributed by atoms with Crippen molar-refractivity contribution in [3.05, 3.63) is 65.7 Å². The van der Waals surface area contributed by atoms with Crippen molar-refractivity contribution in [3.8, 4) is 0 Å². The van der Waals surface area contributed by atoms with Gasteiger partial charge in [0.15, 0.2) is 0 Å². The van der Waals surface area contributed by atoms with Crippen molar-refractivity contribution in [2.45, 2.75) is 31.0 Å². The van der Waals surface area contributed by atoms with Crippen LogP contribution in [0.3, 0.4) is 0 Å². The summed E-state index contributed by atoms with van der Waals surface area (Å²) in [5, 5.41) is 9.93. The van der Waals surface area contributed by atoms with Crippen LogP contribution in [0.25, 0.3) is 0 Å². The van der Waals surface area contributed by atoms with E-state index in [9.17, 15) is 18.3 Å². The highest BCUT2D eigenvalue weighted by atomic mass is 32.2. The number of sulfonamides is 1. The smallest absolute Gasteiger partial charge is 0.247 e. The number of hydrogen-bond donors (Lipinski definition) is 1. The van der Waals surface area contributed by atoms with Crippen molar-refractivity contribution in [3.63, 3.8) is 0 Å². The Kier molecular flexibility index (Phi) is 6.05. The molecule has 2 aliphatic heterocycles. The van der Waals surface area contributed by atoms with Gasteiger partial charge in [-0.1, -0.05) is 48.5 Å². The van der Waals surface area contributed by atoms with Crippen LogP contribution < -0.4 is 4.31 Å². The van der Waals surface area contributed by atoms with E-state index < -0.39 is 16.1 Å². The van der Waals surface area contributed by atoms with E-state index in [1.807, 2.05) is 42.5 Å². The van der Waals surface area contributed by atoms with E-state index in [1.165, 1.54) is 4.31 Å². The number of hydrogen-bond acceptors (Lipinski definition) is 5. The molecule has 1 fully saturated rings. The van der Waals surface area contributed by atoms with Crippen LogP contribution in [0.1, 0.15) is 23.6 Å². The van der Waals surface area contributed by atoms with Gasteiger partial charge in [-0.25, -0.2) is 8.42 Å². The van der Waals surface area contributed by atoms with Gasteiger partial charge in [0.05, 0.1) is 24.1 Å². The second-order valence-corrected chi connectivity index (χ2v) is 10.3. The largest absolute Gasteiger partial charge is 0.392 e. The molecule has 8 heteroatoms. The lowest BCUT2D eigenvalue weighted by Gasteiger charge is -2.35. The Bertz CT molecular complexity index is 1040. The molecule has 0 radical (unpaired) electrons. The number of aliphatic hydroxyl groups excluding tert-OH is 1. The van der Waals surface area contributed by atoms with Gasteiger partial charge < -0.3 is 10.0 Å². The van der Waals surface area contributed by atoms with E-state index in [2.05, 4.69) is 4.90 Å². The number of nitrogens with zero attached hydrogens (tertiary/aromatic N) is 3. The maximum absolute atomic E-state index is 13.7. The summed E-state index contributed by atoms with van der Waals surface area (Å²) in [5.74, 6) is -0.227. The second-order valence-electron chi connectivity index (χ2n) is 8.49. The van der Waals surface area contributed by atoms with Crippen LogP contribution in [0.2, 0.25) is 0 Å². The molecular weight excluding hydrogens is 414 g/mol. The van der Waals surface area contributed by atoms with E-state index >= 15 is 0 Å². The topological polar surface area (TPSA) is 81.2 Å². The first-order chi connectivity index (χ1) is 14.8. The van der Waals surface area contributed by atoms with Gasteiger partial charge in [0.1, 0.15) is 6.04 Å². The number of likely N-dealkylation sites (N-methyl/N-ethyl adjacent to an activating group) is 1. The highest BCUT2D eigenvalue weighted by Crippen LogP contribution is 2.36. The van der Waals surface area contributed by atoms with Crippen LogP contribution >= 0.6 is 0 Å². The monoisotopic (exact) mass is 443 g/mol. The minimum atomic E-state index is -3.62. The highest BCUT2D eigenvalue weighted by molar-refractivity contribution is 7.92. The number of rotatable bonds is 6. The Morgan fingerprint density at radius 1 is 1.16 bits per heavy atom. The van der Waals surface area contributed by atoms with Crippen LogP contribution in [0, 0.1) is 0 Å². The van der Waals surface area contributed by atoms with Crippen LogP contribution in [0.5, 0.6) is 0 Å². The van der Waals surface area contributed by atoms with E-state index in [-0.39, 0.29) is 18.1 Å². The summed E-state index contributed by atoms with van der Waals surface area (Å²) < 4.78 is 26.5. The Morgan fingerprint density at radius 3 is 2.48 bits per heavy atom. The normalized spacial score (nSPS) is 22.4. The Labute approximate surface area is 183 Å². The van der Waals surface area contributed by atoms with Crippen molar-refractivity contribution in [1.82, 2.24) is 9.80 Å². The van der Waals surface area contributed by atoms with Crippen LogP contribution in [0.4, 0.5) is 5.69 Å². The number of carbonyl (C=O) groups is 1. The van der Waals surface area contributed by atoms with Crippen molar-refractivity contribution in [1.29, 1.82) is 0 Å². The van der Waals surface area contributed by atoms with E-state index in [0.717, 1.165) is 30.3 Å². The molecule has 0 bridgehead atoms. The predicted octanol–water partition coefficient (Wildman–Crippen LogP) is 1.64. The molecule has 0 saturated carbocycles. The number of carbonyl (C=O) groups excluding carboxylic acids is 1. The third kappa shape index (κ3) is 4.46. The highest BCUT2D eigenvalue weighted by Gasteiger charge is 2.42. The molecule has 1 unspecified atom stereocenters. The molecule has 2 aromatic rings. The molecule has 0 aromatic heterocycles. The third-order valence-electron chi connectivity index (χ3n) is 6.25. The maximum atomic E-state index is 13.7. The number of benzene rings is 2. The number of fused-ring (bicyclic) bond motifs is 1. The van der Waals surface area contributed by atoms with Gasteiger partial charge in [-0.15, -0.1) is 0 Å². The van der Waals surface area contributed by atoms with Gasteiger partial charge in [0.25, 0.3) is 0 Å². The first-order valence-electron chi connectivity index (χ1n) is 10.5. The summed E-state index contributed by atoms with van der Waals surface area (Å²) in [6.07, 6.45) is 1.88. The Morgan fingerprint density at radius 2 is 1.84 bits per heavy atom. The molecule has 2 heterocycles. The Balaban J connectivity index is 1.63. The molecule has 3 atom stereocenters. The zero-order valence-corrected chi connectivity index (χ0v) is 18.7. The number of amides is 1. The van der Waals surface area contributed by atoms with E-state index in [1.54, 1.807) is 24.1 Å². The fourth-order valence-corrected chi connectivity index (χ4v) is 5.86. The number of likely N-dealkylation sites (tertiary alicyclic amines) is 1. The molecule has 0 spiro atoms. The molecule has 1 amide bonds. The first kappa shape index (κ1) is 21.8. The summed E-state index contributed by atoms with van der Waals surface area (Å²) in [4.78, 5) is 17.5. The van der Waals surface area contributed by atoms with Crippen molar-refractivity contribution in [2.75, 3.05) is 37.2 Å². The fraction of sp³-hybridized carbons (Fsp3) is 0.435. The molecule has 0 aliphatic carbocycles. The minimum absolute atomic E-state index is 0.227. The van der Waals surface area contributed by atoms with Gasteiger partial charge in [0, 0.05) is 33.1 Å². The first-order valence-corrected chi connectivity index (χ1v) is 12.4. The van der Waals surface area contributed by atoms with Gasteiger partial charge >= 0.3 is 0 Å². The van der Waals surface area contributed by atoms with Crippen LogP contribution in [-0.4, -0.2) is 74.3 Å². The quantitative estimate of drug-likeness (QED) is 0.734. The van der Waals surface area contributed by atoms with Gasteiger partial charge in [0.2, 0.25) is 15.9 Å². The lowest BCUT2D eigenvalue weighted by Crippen LogP contribution is -2.50. The minimum Gasteiger partial charge on any atom is -0.392 e. The lowest BCUT2D eigenvalue weighted by molar-refractivity contribution is -0.133. The number of anilines is 1. The molecule has 2 aliphatic rings. The molecule has 4 rings (SSSR count). The summed E-state index contributed by atoms with van der Waals surface area (Å²) in [6, 6.07) is 16.0. The van der Waals surface area contributed by atoms with Gasteiger partial charge in [-0.3, -0.25) is 14.0 Å². The zero-order valence-electron chi connectivity index (χ0n) is 17.9. The van der Waals surface area contributed by atoms with E-state index in [0.29, 0.717) is 25.2 Å². The summed E-state index contributed by atoms with van der Waals surface area (Å²) >= 11 is 0. The average molecular weight is 444 g/mol. The average Bonchev–Trinajstić information content (AvgIpc) is 3.34. The van der Waals surface area contributed by atoms with E-state index in [4.69, 9.17) is 0 Å². The summed E-state index contributed by atoms with van der Waals surface area (Å²) in [7, 11) is -1.88. The van der Waals surface area contributed by atoms with Crippen molar-refractivity contribution < 1.29 is 18.3 Å². The Hall–Kier alpha value is -2.42. The number of β-amino-alcohol motifs (C(OH)–C–C–N with tert-alkyl or cyclic N) is 1. The number of aliphatic hydroxyl groups is 1. The molecular formula is C23H29N3O4S. The fourth-order valence-electron chi connectivity index (χ4n) is 4.69. The summed E-state index contributed by atoms with van der Waals surface area (Å²) in [6.45, 7) is 1.94. The molecule has 2 aromatic carbocycles. The lowest BCUT2D eigenvalue weighted by atomic mass is 10.0. The number of para-hydroxylation sites is 1. The van der Waals surface area contributed by atoms with Gasteiger partial charge in [-0.2, -0.15) is 0 Å². The zero-order chi connectivity index (χ0) is 22.2. The molecule has 166 valence electrons. The van der Waals surface area contributed by atoms with Crippen LogP contribution in [0.15, 0.2) is 54.6 Å². The van der Waals surface area contributed by atoms with Crippen LogP contribution in [-0.2, 0) is 21.2 Å². The standard InChI is InChI=1S/C23H29N3O4S/c1-24(22(17-8-4-3-5-9-17)16-25-13-12-19(27)15-25)23(28)21-14-18-10-6-7-11-20(18)26(21)31(2,29)30/h3-11,19,21-22,27H,12-16H2,1-2H3/t19-,21-,22?/m0/s1. The molecule has 31 heavy (non-hydrogen) atoms. The van der Waals surface area contributed by atoms with Gasteiger partial charge in [-0.05, 0) is 23.6 Å². The SMILES string of the molecule is CN(C(=O)[C@@H]1Cc2ccccc2N1S(C)(=O)=O)C(CN1CC[C@H](O)C1)c1ccccc1. The summed E-state index contributed by atoms with van der Waals surface area (Å²) in [5.41, 5.74) is 2.43. The third-order valence-corrected chi connectivity index (χ3v) is 7.41. The maximum Gasteiger partial charge on any atom is 0.247 e. The second kappa shape index (κ2) is 8.61. The molecule has 7 nitrogen and oxygen atoms in total. The van der Waals surface area contributed by atoms with Crippen molar-refractivity contribution in [2.24, 2.45) is 0 Å². The molecule has 1 saturated heterocycles. The predicted molar refractivity (Wildman–Crippen MR) is 120 cm³/mol. The van der Waals surface area contributed by atoms with Crippen molar-refractivity contribution >= 4 is 21.6 Å².